The Bertz CT molecular complexity index is 540. The number of carbonyl (C=O) groups excluding carboxylic acids is 1. The number of hydrogen-bond donors (Lipinski definition) is 1. The molecule has 0 heterocycles. The van der Waals surface area contributed by atoms with E-state index in [-0.39, 0.29) is 5.75 Å². The number of nitrogens with two attached hydrogens (primary N) is 1. The number of ether oxygens (including phenoxy) is 1. The largest absolute Gasteiger partial charge is 0.410 e. The van der Waals surface area contributed by atoms with Crippen LogP contribution in [0.15, 0.2) is 48.5 Å². The van der Waals surface area contributed by atoms with Crippen LogP contribution in [0.5, 0.6) is 5.75 Å². The first-order chi connectivity index (χ1) is 8.18. The van der Waals surface area contributed by atoms with Crippen LogP contribution in [-0.2, 0) is 0 Å². The summed E-state index contributed by atoms with van der Waals surface area (Å²) in [6.07, 6.45) is -0.879. The van der Waals surface area contributed by atoms with E-state index in [1.54, 1.807) is 12.1 Å². The van der Waals surface area contributed by atoms with E-state index in [0.29, 0.717) is 5.02 Å². The molecule has 0 unspecified atom stereocenters. The Labute approximate surface area is 104 Å². The molecular formula is C13H10ClNO2. The molecule has 0 saturated heterocycles. The second-order valence-electron chi connectivity index (χ2n) is 3.40. The molecule has 86 valence electrons. The van der Waals surface area contributed by atoms with Crippen molar-refractivity contribution in [1.29, 1.82) is 0 Å². The van der Waals surface area contributed by atoms with Crippen LogP contribution in [0, 0.1) is 0 Å². The normalized spacial score (nSPS) is 9.94. The zero-order valence-electron chi connectivity index (χ0n) is 8.89. The summed E-state index contributed by atoms with van der Waals surface area (Å²) in [4.78, 5) is 10.8. The third-order valence-electron chi connectivity index (χ3n) is 2.25. The minimum absolute atomic E-state index is 0.285. The second kappa shape index (κ2) is 4.89. The summed E-state index contributed by atoms with van der Waals surface area (Å²) in [5, 5.41) is 0.352. The first-order valence-electron chi connectivity index (χ1n) is 4.99. The number of amides is 1. The molecule has 17 heavy (non-hydrogen) atoms. The highest BCUT2D eigenvalue weighted by Gasteiger charge is 2.12. The van der Waals surface area contributed by atoms with Crippen molar-refractivity contribution < 1.29 is 9.53 Å². The molecule has 1 amide bonds. The highest BCUT2D eigenvalue weighted by atomic mass is 35.5. The topological polar surface area (TPSA) is 52.3 Å². The van der Waals surface area contributed by atoms with Gasteiger partial charge in [0.25, 0.3) is 0 Å². The summed E-state index contributed by atoms with van der Waals surface area (Å²) < 4.78 is 4.94. The van der Waals surface area contributed by atoms with E-state index in [4.69, 9.17) is 22.1 Å². The number of halogens is 1. The van der Waals surface area contributed by atoms with Gasteiger partial charge < -0.3 is 10.5 Å². The molecule has 0 aliphatic carbocycles. The zero-order chi connectivity index (χ0) is 12.3. The van der Waals surface area contributed by atoms with Crippen LogP contribution >= 0.6 is 11.6 Å². The van der Waals surface area contributed by atoms with E-state index in [2.05, 4.69) is 0 Å². The second-order valence-corrected chi connectivity index (χ2v) is 3.81. The van der Waals surface area contributed by atoms with Crippen molar-refractivity contribution in [3.05, 3.63) is 53.6 Å². The van der Waals surface area contributed by atoms with Gasteiger partial charge >= 0.3 is 6.09 Å². The molecule has 0 spiro atoms. The van der Waals surface area contributed by atoms with Gasteiger partial charge in [-0.15, -0.1) is 0 Å². The number of benzene rings is 2. The number of hydrogen-bond acceptors (Lipinski definition) is 2. The monoisotopic (exact) mass is 247 g/mol. The molecule has 0 aliphatic heterocycles. The smallest absolute Gasteiger partial charge is 0.408 e. The van der Waals surface area contributed by atoms with Gasteiger partial charge in [-0.2, -0.15) is 0 Å². The molecule has 2 aromatic carbocycles. The maximum absolute atomic E-state index is 10.8. The zero-order valence-corrected chi connectivity index (χ0v) is 9.65. The van der Waals surface area contributed by atoms with E-state index in [1.807, 2.05) is 36.4 Å². The molecule has 0 atom stereocenters. The fraction of sp³-hybridized carbons (Fsp3) is 0. The maximum atomic E-state index is 10.8. The minimum Gasteiger partial charge on any atom is -0.408 e. The van der Waals surface area contributed by atoms with Gasteiger partial charge in [-0.05, 0) is 11.6 Å². The number of carbonyl (C=O) groups is 1. The van der Waals surface area contributed by atoms with Gasteiger partial charge in [0.1, 0.15) is 0 Å². The van der Waals surface area contributed by atoms with Crippen LogP contribution in [-0.4, -0.2) is 6.09 Å². The molecule has 0 saturated carbocycles. The van der Waals surface area contributed by atoms with Crippen molar-refractivity contribution in [3.8, 4) is 16.9 Å². The molecule has 3 nitrogen and oxygen atoms in total. The molecule has 0 fully saturated rings. The first-order valence-corrected chi connectivity index (χ1v) is 5.37. The van der Waals surface area contributed by atoms with E-state index < -0.39 is 6.09 Å². The SMILES string of the molecule is NC(=O)Oc1c(Cl)cccc1-c1ccccc1. The summed E-state index contributed by atoms with van der Waals surface area (Å²) in [6, 6.07) is 14.8. The van der Waals surface area contributed by atoms with Gasteiger partial charge in [-0.3, -0.25) is 0 Å². The lowest BCUT2D eigenvalue weighted by Gasteiger charge is -2.10. The number of para-hydroxylation sites is 1. The maximum Gasteiger partial charge on any atom is 0.410 e. The molecule has 0 aliphatic rings. The Morgan fingerprint density at radius 2 is 1.76 bits per heavy atom. The molecule has 2 aromatic rings. The van der Waals surface area contributed by atoms with Crippen LogP contribution < -0.4 is 10.5 Å². The van der Waals surface area contributed by atoms with Gasteiger partial charge in [0.05, 0.1) is 5.02 Å². The van der Waals surface area contributed by atoms with E-state index in [1.165, 1.54) is 0 Å². The fourth-order valence-electron chi connectivity index (χ4n) is 1.56. The lowest BCUT2D eigenvalue weighted by molar-refractivity contribution is 0.211. The average molecular weight is 248 g/mol. The average Bonchev–Trinajstić information content (AvgIpc) is 2.32. The Balaban J connectivity index is 2.54. The summed E-state index contributed by atoms with van der Waals surface area (Å²) >= 11 is 5.99. The van der Waals surface area contributed by atoms with Crippen LogP contribution in [0.3, 0.4) is 0 Å². The van der Waals surface area contributed by atoms with Crippen LogP contribution in [0.1, 0.15) is 0 Å². The van der Waals surface area contributed by atoms with Crippen molar-refractivity contribution in [2.45, 2.75) is 0 Å². The van der Waals surface area contributed by atoms with Crippen molar-refractivity contribution in [2.24, 2.45) is 5.73 Å². The Morgan fingerprint density at radius 3 is 2.41 bits per heavy atom. The van der Waals surface area contributed by atoms with E-state index in [9.17, 15) is 4.79 Å². The standard InChI is InChI=1S/C13H10ClNO2/c14-11-8-4-7-10(12(11)17-13(15)16)9-5-2-1-3-6-9/h1-8H,(H2,15,16). The molecule has 0 aromatic heterocycles. The third kappa shape index (κ3) is 2.57. The first kappa shape index (κ1) is 11.5. The third-order valence-corrected chi connectivity index (χ3v) is 2.55. The Hall–Kier alpha value is -2.00. The van der Waals surface area contributed by atoms with Crippen molar-refractivity contribution in [2.75, 3.05) is 0 Å². The van der Waals surface area contributed by atoms with Gasteiger partial charge in [-0.1, -0.05) is 54.1 Å². The van der Waals surface area contributed by atoms with Gasteiger partial charge in [0.15, 0.2) is 5.75 Å². The Kier molecular flexibility index (Phi) is 3.30. The molecule has 0 bridgehead atoms. The lowest BCUT2D eigenvalue weighted by atomic mass is 10.0. The van der Waals surface area contributed by atoms with E-state index >= 15 is 0 Å². The van der Waals surface area contributed by atoms with Crippen LogP contribution in [0.25, 0.3) is 11.1 Å². The highest BCUT2D eigenvalue weighted by Crippen LogP contribution is 2.35. The molecule has 0 radical (unpaired) electrons. The highest BCUT2D eigenvalue weighted by molar-refractivity contribution is 6.32. The minimum atomic E-state index is -0.879. The van der Waals surface area contributed by atoms with Gasteiger partial charge in [-0.25, -0.2) is 4.79 Å². The molecule has 4 heteroatoms. The van der Waals surface area contributed by atoms with Crippen molar-refractivity contribution >= 4 is 17.7 Å². The molecular weight excluding hydrogens is 238 g/mol. The fourth-order valence-corrected chi connectivity index (χ4v) is 1.77. The predicted octanol–water partition coefficient (Wildman–Crippen LogP) is 3.46. The summed E-state index contributed by atoms with van der Waals surface area (Å²) in [6.45, 7) is 0. The van der Waals surface area contributed by atoms with Gasteiger partial charge in [0, 0.05) is 5.56 Å². The number of primary amides is 1. The van der Waals surface area contributed by atoms with Crippen LogP contribution in [0.4, 0.5) is 4.79 Å². The summed E-state index contributed by atoms with van der Waals surface area (Å²) in [5.74, 6) is 0.285. The van der Waals surface area contributed by atoms with E-state index in [0.717, 1.165) is 11.1 Å². The van der Waals surface area contributed by atoms with Gasteiger partial charge in [0.2, 0.25) is 0 Å². The summed E-state index contributed by atoms with van der Waals surface area (Å²) in [7, 11) is 0. The Morgan fingerprint density at radius 1 is 1.06 bits per heavy atom. The predicted molar refractivity (Wildman–Crippen MR) is 67.1 cm³/mol. The van der Waals surface area contributed by atoms with Crippen molar-refractivity contribution in [1.82, 2.24) is 0 Å². The van der Waals surface area contributed by atoms with Crippen molar-refractivity contribution in [3.63, 3.8) is 0 Å². The lowest BCUT2D eigenvalue weighted by Crippen LogP contribution is -2.16. The molecule has 2 rings (SSSR count). The van der Waals surface area contributed by atoms with Crippen LogP contribution in [0.2, 0.25) is 5.02 Å². The summed E-state index contributed by atoms with van der Waals surface area (Å²) in [5.41, 5.74) is 6.66. The molecule has 2 N–H and O–H groups in total. The number of rotatable bonds is 2. The quantitative estimate of drug-likeness (QED) is 0.884.